The molecule has 4 aliphatic heterocycles. The van der Waals surface area contributed by atoms with Crippen LogP contribution in [0.15, 0.2) is 108 Å². The SMILES string of the molecule is CCCN1C[C@@H](F)[C@@H](Nc2ccc([C@@H]3C4=C(C[C@@H](C)N3C35CC(C3)C5)c3ccccc3C4)cc2)C1.CCCN1C[C@H](F)[C@H](Nc2ccc([C@@H]3C4=C(C[C@@H](C)N3C35CC(C3)C5)c3ccccc3C4)cc2)C1. The van der Waals surface area contributed by atoms with Gasteiger partial charge in [0.15, 0.2) is 0 Å². The molecule has 8 aliphatic carbocycles. The number of alkyl halides is 2. The zero-order valence-corrected chi connectivity index (χ0v) is 42.3. The molecule has 70 heavy (non-hydrogen) atoms. The summed E-state index contributed by atoms with van der Waals surface area (Å²) in [6.45, 7) is 13.9. The molecule has 0 amide bonds. The van der Waals surface area contributed by atoms with E-state index in [1.165, 1.54) is 84.7 Å². The second kappa shape index (κ2) is 17.7. The molecule has 8 atom stereocenters. The number of nitrogens with one attached hydrogen (secondary N) is 2. The molecule has 6 nitrogen and oxygen atoms in total. The van der Waals surface area contributed by atoms with Gasteiger partial charge in [-0.25, -0.2) is 8.78 Å². The average molecular weight is 943 g/mol. The molecule has 0 spiro atoms. The lowest BCUT2D eigenvalue weighted by molar-refractivity contribution is -0.173. The van der Waals surface area contributed by atoms with E-state index in [-0.39, 0.29) is 12.1 Å². The minimum atomic E-state index is -0.801. The van der Waals surface area contributed by atoms with Crippen molar-refractivity contribution in [3.63, 3.8) is 0 Å². The van der Waals surface area contributed by atoms with Gasteiger partial charge in [-0.3, -0.25) is 19.6 Å². The van der Waals surface area contributed by atoms with E-state index in [2.05, 4.69) is 155 Å². The van der Waals surface area contributed by atoms with Crippen molar-refractivity contribution in [3.8, 4) is 0 Å². The van der Waals surface area contributed by atoms with Crippen LogP contribution in [-0.4, -0.2) is 106 Å². The van der Waals surface area contributed by atoms with Crippen LogP contribution in [0.4, 0.5) is 20.2 Å². The first-order valence-corrected chi connectivity index (χ1v) is 27.7. The highest BCUT2D eigenvalue weighted by molar-refractivity contribution is 5.80. The summed E-state index contributed by atoms with van der Waals surface area (Å²) in [6, 6.07) is 37.8. The van der Waals surface area contributed by atoms with E-state index in [0.717, 1.165) is 75.1 Å². The number of rotatable bonds is 12. The van der Waals surface area contributed by atoms with Gasteiger partial charge in [0.2, 0.25) is 0 Å². The summed E-state index contributed by atoms with van der Waals surface area (Å²) in [5.41, 5.74) is 18.2. The van der Waals surface area contributed by atoms with Crippen LogP contribution in [-0.2, 0) is 12.8 Å². The van der Waals surface area contributed by atoms with Crippen LogP contribution in [0.2, 0.25) is 0 Å². The molecule has 16 rings (SSSR count). The fraction of sp³-hybridized carbons (Fsp3) is 0.548. The molecule has 12 aliphatic rings. The standard InChI is InChI=1S/2C31H38FN3/c2*1-3-12-34-18-28(32)29(19-34)33-24-10-8-22(9-11-24)30-27-14-23-6-4-5-7-25(23)26(27)13-20(2)35(30)31-15-21(16-31)17-31/h2*4-11,20-21,28-30,33H,3,12-19H2,1-2H3/t20-,21?,28+,29-,30-,31?;20-,21?,28-,29+,30-,31?/m11/s1. The van der Waals surface area contributed by atoms with Gasteiger partial charge >= 0.3 is 0 Å². The minimum absolute atomic E-state index is 0.113. The Kier molecular flexibility index (Phi) is 11.5. The Balaban J connectivity index is 0.000000137. The Morgan fingerprint density at radius 3 is 1.26 bits per heavy atom. The summed E-state index contributed by atoms with van der Waals surface area (Å²) < 4.78 is 29.3. The number of fused-ring (bicyclic) bond motifs is 4. The Bertz CT molecular complexity index is 2460. The fourth-order valence-corrected chi connectivity index (χ4v) is 16.2. The number of nitrogens with zero attached hydrogens (tertiary/aromatic N) is 4. The lowest BCUT2D eigenvalue weighted by Gasteiger charge is -2.70. The summed E-state index contributed by atoms with van der Waals surface area (Å²) in [7, 11) is 0. The third kappa shape index (κ3) is 7.57. The first-order chi connectivity index (χ1) is 34.1. The molecule has 8 heteroatoms. The highest BCUT2D eigenvalue weighted by Crippen LogP contribution is 2.67. The molecule has 4 aromatic carbocycles. The maximum Gasteiger partial charge on any atom is 0.134 e. The third-order valence-electron chi connectivity index (χ3n) is 19.4. The molecule has 368 valence electrons. The molecule has 6 saturated carbocycles. The molecule has 8 fully saturated rings. The van der Waals surface area contributed by atoms with Crippen molar-refractivity contribution in [3.05, 3.63) is 142 Å². The fourth-order valence-electron chi connectivity index (χ4n) is 16.2. The van der Waals surface area contributed by atoms with Gasteiger partial charge in [0, 0.05) is 60.7 Å². The van der Waals surface area contributed by atoms with Gasteiger partial charge in [0.05, 0.1) is 24.2 Å². The first-order valence-electron chi connectivity index (χ1n) is 27.7. The summed E-state index contributed by atoms with van der Waals surface area (Å²) in [4.78, 5) is 10.3. The molecule has 2 saturated heterocycles. The van der Waals surface area contributed by atoms with Gasteiger partial charge in [0.1, 0.15) is 12.3 Å². The molecule has 0 aromatic heterocycles. The van der Waals surface area contributed by atoms with E-state index < -0.39 is 12.3 Å². The van der Waals surface area contributed by atoms with Crippen LogP contribution in [0.1, 0.15) is 137 Å². The van der Waals surface area contributed by atoms with Gasteiger partial charge < -0.3 is 10.6 Å². The molecular weight excluding hydrogens is 867 g/mol. The first kappa shape index (κ1) is 45.5. The largest absolute Gasteiger partial charge is 0.378 e. The number of benzene rings is 4. The number of halogens is 2. The van der Waals surface area contributed by atoms with E-state index >= 15 is 0 Å². The van der Waals surface area contributed by atoms with Crippen LogP contribution in [0, 0.1) is 11.8 Å². The summed E-state index contributed by atoms with van der Waals surface area (Å²) in [5.74, 6) is 1.94. The van der Waals surface area contributed by atoms with Gasteiger partial charge in [-0.1, -0.05) is 86.6 Å². The van der Waals surface area contributed by atoms with Gasteiger partial charge in [-0.2, -0.15) is 0 Å². The normalized spacial score (nSPS) is 35.9. The predicted octanol–water partition coefficient (Wildman–Crippen LogP) is 12.5. The van der Waals surface area contributed by atoms with Crippen molar-refractivity contribution in [2.45, 2.75) is 164 Å². The topological polar surface area (TPSA) is 37.0 Å². The summed E-state index contributed by atoms with van der Waals surface area (Å²) in [6.07, 6.45) is 13.4. The Morgan fingerprint density at radius 2 is 0.900 bits per heavy atom. The quantitative estimate of drug-likeness (QED) is 0.147. The number of anilines is 2. The van der Waals surface area contributed by atoms with Crippen molar-refractivity contribution in [2.24, 2.45) is 11.8 Å². The van der Waals surface area contributed by atoms with Gasteiger partial charge in [0.25, 0.3) is 0 Å². The van der Waals surface area contributed by atoms with Gasteiger partial charge in [-0.05, 0) is 196 Å². The highest BCUT2D eigenvalue weighted by Gasteiger charge is 2.64. The minimum Gasteiger partial charge on any atom is -0.378 e. The van der Waals surface area contributed by atoms with Crippen LogP contribution in [0.3, 0.4) is 0 Å². The molecule has 4 bridgehead atoms. The molecule has 4 aromatic rings. The summed E-state index contributed by atoms with van der Waals surface area (Å²) >= 11 is 0. The second-order valence-electron chi connectivity index (χ2n) is 24.1. The number of likely N-dealkylation sites (tertiary alicyclic amines) is 2. The molecule has 0 radical (unpaired) electrons. The summed E-state index contributed by atoms with van der Waals surface area (Å²) in [5, 5.41) is 7.02. The van der Waals surface area contributed by atoms with E-state index in [4.69, 9.17) is 0 Å². The lowest BCUT2D eigenvalue weighted by atomic mass is 9.48. The smallest absolute Gasteiger partial charge is 0.134 e. The van der Waals surface area contributed by atoms with Crippen LogP contribution >= 0.6 is 0 Å². The average Bonchev–Trinajstić information content (AvgIpc) is 4.05. The Morgan fingerprint density at radius 1 is 0.514 bits per heavy atom. The van der Waals surface area contributed by atoms with E-state index in [1.807, 2.05) is 0 Å². The van der Waals surface area contributed by atoms with Crippen molar-refractivity contribution >= 4 is 22.5 Å². The molecular formula is C62H76F2N6. The van der Waals surface area contributed by atoms with E-state index in [0.29, 0.717) is 48.3 Å². The predicted molar refractivity (Wildman–Crippen MR) is 283 cm³/mol. The second-order valence-corrected chi connectivity index (χ2v) is 24.1. The number of hydrogen-bond acceptors (Lipinski definition) is 6. The third-order valence-corrected chi connectivity index (χ3v) is 19.4. The highest BCUT2D eigenvalue weighted by atomic mass is 19.1. The monoisotopic (exact) mass is 943 g/mol. The molecule has 4 heterocycles. The maximum atomic E-state index is 14.7. The van der Waals surface area contributed by atoms with Crippen LogP contribution < -0.4 is 10.6 Å². The van der Waals surface area contributed by atoms with Crippen LogP contribution in [0.25, 0.3) is 11.1 Å². The van der Waals surface area contributed by atoms with Crippen molar-refractivity contribution < 1.29 is 8.78 Å². The van der Waals surface area contributed by atoms with Crippen LogP contribution in [0.5, 0.6) is 0 Å². The van der Waals surface area contributed by atoms with Crippen molar-refractivity contribution in [1.82, 2.24) is 19.6 Å². The number of hydrogen-bond donors (Lipinski definition) is 2. The zero-order chi connectivity index (χ0) is 47.5. The zero-order valence-electron chi connectivity index (χ0n) is 42.3. The van der Waals surface area contributed by atoms with Gasteiger partial charge in [-0.15, -0.1) is 0 Å². The Labute approximate surface area is 417 Å². The molecule has 2 N–H and O–H groups in total. The van der Waals surface area contributed by atoms with E-state index in [1.54, 1.807) is 22.3 Å². The van der Waals surface area contributed by atoms with Crippen molar-refractivity contribution in [2.75, 3.05) is 49.9 Å². The Hall–Kier alpha value is -4.34. The van der Waals surface area contributed by atoms with Crippen molar-refractivity contribution in [1.29, 1.82) is 0 Å². The maximum absolute atomic E-state index is 14.7. The van der Waals surface area contributed by atoms with E-state index in [9.17, 15) is 8.78 Å². The molecule has 0 unspecified atom stereocenters. The lowest BCUT2D eigenvalue weighted by Crippen LogP contribution is -2.71.